The monoisotopic (exact) mass is 295 g/mol. The lowest BCUT2D eigenvalue weighted by atomic mass is 10.1. The average molecular weight is 295 g/mol. The van der Waals surface area contributed by atoms with Crippen LogP contribution in [0.4, 0.5) is 5.69 Å². The van der Waals surface area contributed by atoms with Crippen LogP contribution in [0.3, 0.4) is 0 Å². The molecule has 1 aromatic rings. The van der Waals surface area contributed by atoms with Gasteiger partial charge in [0.2, 0.25) is 11.8 Å². The molecule has 0 aliphatic rings. The fourth-order valence-corrected chi connectivity index (χ4v) is 1.57. The molecule has 0 aromatic heterocycles. The smallest absolute Gasteiger partial charge is 0.326 e. The number of hydrogen-bond donors (Lipinski definition) is 3. The number of nitrogens with zero attached hydrogens (tertiary/aromatic N) is 1. The molecule has 1 atom stereocenters. The maximum Gasteiger partial charge on any atom is 0.326 e. The van der Waals surface area contributed by atoms with Gasteiger partial charge < -0.3 is 16.2 Å². The summed E-state index contributed by atoms with van der Waals surface area (Å²) in [6, 6.07) is 3.86. The van der Waals surface area contributed by atoms with Crippen molar-refractivity contribution in [3.05, 3.63) is 39.9 Å². The normalized spacial score (nSPS) is 11.4. The molecular weight excluding hydrogens is 282 g/mol. The second-order valence-electron chi connectivity index (χ2n) is 4.23. The first kappa shape index (κ1) is 16.1. The number of carboxylic acids is 1. The molecule has 0 unspecified atom stereocenters. The zero-order valence-electron chi connectivity index (χ0n) is 10.8. The average Bonchev–Trinajstić information content (AvgIpc) is 2.37. The highest BCUT2D eigenvalue weighted by molar-refractivity contribution is 5.88. The molecule has 9 nitrogen and oxygen atoms in total. The van der Waals surface area contributed by atoms with Crippen LogP contribution in [0.15, 0.2) is 24.3 Å². The highest BCUT2D eigenvalue weighted by Gasteiger charge is 2.22. The molecule has 0 aliphatic carbocycles. The third-order valence-corrected chi connectivity index (χ3v) is 2.55. The molecule has 0 spiro atoms. The van der Waals surface area contributed by atoms with E-state index in [-0.39, 0.29) is 12.1 Å². The second-order valence-corrected chi connectivity index (χ2v) is 4.23. The van der Waals surface area contributed by atoms with Gasteiger partial charge in [-0.25, -0.2) is 4.79 Å². The van der Waals surface area contributed by atoms with Gasteiger partial charge in [0.1, 0.15) is 6.04 Å². The minimum Gasteiger partial charge on any atom is -0.480 e. The minimum atomic E-state index is -1.40. The Kier molecular flexibility index (Phi) is 5.35. The molecule has 0 fully saturated rings. The number of carbonyl (C=O) groups is 3. The van der Waals surface area contributed by atoms with E-state index in [0.717, 1.165) is 0 Å². The third-order valence-electron chi connectivity index (χ3n) is 2.55. The molecule has 0 saturated heterocycles. The first-order valence-electron chi connectivity index (χ1n) is 5.83. The van der Waals surface area contributed by atoms with Crippen LogP contribution < -0.4 is 11.1 Å². The first-order valence-corrected chi connectivity index (χ1v) is 5.83. The number of nitrogens with two attached hydrogens (primary N) is 1. The Balaban J connectivity index is 2.65. The van der Waals surface area contributed by atoms with Crippen LogP contribution in [0.25, 0.3) is 0 Å². The van der Waals surface area contributed by atoms with Gasteiger partial charge in [0.15, 0.2) is 0 Å². The number of non-ortho nitro benzene ring substituents is 1. The molecular formula is C12H13N3O6. The van der Waals surface area contributed by atoms with Crippen LogP contribution in [-0.2, 0) is 20.8 Å². The highest BCUT2D eigenvalue weighted by Crippen LogP contribution is 2.12. The Morgan fingerprint density at radius 1 is 1.29 bits per heavy atom. The SMILES string of the molecule is NC(=O)C[C@@H](NC(=O)Cc1ccc([N+](=O)[O-])cc1)C(=O)O. The van der Waals surface area contributed by atoms with Crippen LogP contribution in [-0.4, -0.2) is 33.9 Å². The van der Waals surface area contributed by atoms with Gasteiger partial charge in [-0.15, -0.1) is 0 Å². The summed E-state index contributed by atoms with van der Waals surface area (Å²) in [5, 5.41) is 21.5. The van der Waals surface area contributed by atoms with Crippen LogP contribution >= 0.6 is 0 Å². The number of nitro groups is 1. The number of nitrogens with one attached hydrogen (secondary N) is 1. The van der Waals surface area contributed by atoms with Gasteiger partial charge in [-0.2, -0.15) is 0 Å². The molecule has 21 heavy (non-hydrogen) atoms. The molecule has 0 bridgehead atoms. The van der Waals surface area contributed by atoms with Crippen molar-refractivity contribution < 1.29 is 24.4 Å². The number of rotatable bonds is 7. The van der Waals surface area contributed by atoms with E-state index in [1.165, 1.54) is 24.3 Å². The summed E-state index contributed by atoms with van der Waals surface area (Å²) >= 11 is 0. The molecule has 0 saturated carbocycles. The van der Waals surface area contributed by atoms with Crippen LogP contribution in [0.1, 0.15) is 12.0 Å². The first-order chi connectivity index (χ1) is 9.79. The summed E-state index contributed by atoms with van der Waals surface area (Å²) in [6.45, 7) is 0. The van der Waals surface area contributed by atoms with E-state index in [1.807, 2.05) is 0 Å². The second kappa shape index (κ2) is 6.98. The van der Waals surface area contributed by atoms with Gasteiger partial charge in [0, 0.05) is 12.1 Å². The van der Waals surface area contributed by atoms with Gasteiger partial charge in [-0.1, -0.05) is 12.1 Å². The Labute approximate surface area is 118 Å². The molecule has 1 rings (SSSR count). The van der Waals surface area contributed by atoms with Gasteiger partial charge in [0.25, 0.3) is 5.69 Å². The molecule has 9 heteroatoms. The largest absolute Gasteiger partial charge is 0.480 e. The summed E-state index contributed by atoms with van der Waals surface area (Å²) < 4.78 is 0. The summed E-state index contributed by atoms with van der Waals surface area (Å²) in [5.74, 6) is -2.85. The third kappa shape index (κ3) is 5.27. The van der Waals surface area contributed by atoms with Crippen molar-refractivity contribution >= 4 is 23.5 Å². The predicted molar refractivity (Wildman–Crippen MR) is 70.2 cm³/mol. The Morgan fingerprint density at radius 3 is 2.29 bits per heavy atom. The Hall–Kier alpha value is -2.97. The lowest BCUT2D eigenvalue weighted by Crippen LogP contribution is -2.43. The van der Waals surface area contributed by atoms with Crippen molar-refractivity contribution in [2.75, 3.05) is 0 Å². The Bertz CT molecular complexity index is 569. The minimum absolute atomic E-state index is 0.115. The topological polar surface area (TPSA) is 153 Å². The zero-order valence-corrected chi connectivity index (χ0v) is 10.8. The molecule has 0 radical (unpaired) electrons. The molecule has 112 valence electrons. The number of benzene rings is 1. The van der Waals surface area contributed by atoms with E-state index in [0.29, 0.717) is 5.56 Å². The maximum absolute atomic E-state index is 11.7. The summed E-state index contributed by atoms with van der Waals surface area (Å²) in [5.41, 5.74) is 5.25. The van der Waals surface area contributed by atoms with Crippen LogP contribution in [0, 0.1) is 10.1 Å². The number of aliphatic carboxylic acids is 1. The van der Waals surface area contributed by atoms with E-state index in [4.69, 9.17) is 10.8 Å². The van der Waals surface area contributed by atoms with E-state index in [1.54, 1.807) is 0 Å². The van der Waals surface area contributed by atoms with Crippen molar-refractivity contribution in [2.45, 2.75) is 18.9 Å². The Morgan fingerprint density at radius 2 is 1.86 bits per heavy atom. The lowest BCUT2D eigenvalue weighted by Gasteiger charge is -2.12. The summed E-state index contributed by atoms with van der Waals surface area (Å²) in [7, 11) is 0. The predicted octanol–water partition coefficient (Wildman–Crippen LogP) is -0.418. The molecule has 1 aromatic carbocycles. The highest BCUT2D eigenvalue weighted by atomic mass is 16.6. The van der Waals surface area contributed by atoms with E-state index >= 15 is 0 Å². The summed E-state index contributed by atoms with van der Waals surface area (Å²) in [6.07, 6.45) is -0.679. The fourth-order valence-electron chi connectivity index (χ4n) is 1.57. The lowest BCUT2D eigenvalue weighted by molar-refractivity contribution is -0.384. The van der Waals surface area contributed by atoms with Crippen molar-refractivity contribution in [3.63, 3.8) is 0 Å². The molecule has 4 N–H and O–H groups in total. The molecule has 0 heterocycles. The van der Waals surface area contributed by atoms with E-state index in [9.17, 15) is 24.5 Å². The van der Waals surface area contributed by atoms with Crippen LogP contribution in [0.2, 0.25) is 0 Å². The molecule has 0 aliphatic heterocycles. The van der Waals surface area contributed by atoms with Gasteiger partial charge in [0.05, 0.1) is 17.8 Å². The van der Waals surface area contributed by atoms with E-state index < -0.39 is 35.2 Å². The number of amides is 2. The van der Waals surface area contributed by atoms with Crippen molar-refractivity contribution in [1.29, 1.82) is 0 Å². The number of carboxylic acid groups (broad SMARTS) is 1. The van der Waals surface area contributed by atoms with Gasteiger partial charge >= 0.3 is 5.97 Å². The van der Waals surface area contributed by atoms with E-state index in [2.05, 4.69) is 5.32 Å². The zero-order chi connectivity index (χ0) is 16.0. The molecule has 2 amide bonds. The van der Waals surface area contributed by atoms with Crippen molar-refractivity contribution in [3.8, 4) is 0 Å². The van der Waals surface area contributed by atoms with Crippen LogP contribution in [0.5, 0.6) is 0 Å². The van der Waals surface area contributed by atoms with Crippen molar-refractivity contribution in [1.82, 2.24) is 5.32 Å². The quantitative estimate of drug-likeness (QED) is 0.458. The number of nitro benzene ring substituents is 1. The number of hydrogen-bond acceptors (Lipinski definition) is 5. The fraction of sp³-hybridized carbons (Fsp3) is 0.250. The number of primary amides is 1. The van der Waals surface area contributed by atoms with Gasteiger partial charge in [-0.3, -0.25) is 19.7 Å². The number of carbonyl (C=O) groups excluding carboxylic acids is 2. The standard InChI is InChI=1S/C12H13N3O6/c13-10(16)6-9(12(18)19)14-11(17)5-7-1-3-8(4-2-7)15(20)21/h1-4,9H,5-6H2,(H2,13,16)(H,14,17)(H,18,19)/t9-/m1/s1. The van der Waals surface area contributed by atoms with Gasteiger partial charge in [-0.05, 0) is 5.56 Å². The van der Waals surface area contributed by atoms with Crippen molar-refractivity contribution in [2.24, 2.45) is 5.73 Å². The summed E-state index contributed by atoms with van der Waals surface area (Å²) in [4.78, 5) is 43.1. The maximum atomic E-state index is 11.7.